The van der Waals surface area contributed by atoms with Crippen LogP contribution in [0.1, 0.15) is 26.9 Å². The summed E-state index contributed by atoms with van der Waals surface area (Å²) in [5.41, 5.74) is 3.69. The lowest BCUT2D eigenvalue weighted by molar-refractivity contribution is 1.13. The second-order valence-electron chi connectivity index (χ2n) is 3.79. The number of alkyl halides is 1. The Bertz CT molecular complexity index is 502. The number of halogens is 2. The molecule has 1 heterocycles. The molecule has 0 bridgehead atoms. The second kappa shape index (κ2) is 4.79. The minimum Gasteiger partial charge on any atom is -0.127 e. The van der Waals surface area contributed by atoms with Crippen LogP contribution in [0, 0.1) is 13.8 Å². The third-order valence-corrected chi connectivity index (χ3v) is 4.66. The van der Waals surface area contributed by atoms with Crippen molar-refractivity contribution in [1.29, 1.82) is 0 Å². The summed E-state index contributed by atoms with van der Waals surface area (Å²) in [6.07, 6.45) is 0. The zero-order valence-electron chi connectivity index (χ0n) is 9.13. The Morgan fingerprint density at radius 1 is 1.12 bits per heavy atom. The summed E-state index contributed by atoms with van der Waals surface area (Å²) in [6, 6.07) is 10.1. The van der Waals surface area contributed by atoms with Crippen molar-refractivity contribution >= 4 is 34.5 Å². The monoisotopic (exact) mass is 270 g/mol. The first kappa shape index (κ1) is 12.0. The summed E-state index contributed by atoms with van der Waals surface area (Å²) in [4.78, 5) is 1.10. The minimum absolute atomic E-state index is 0.0996. The average Bonchev–Trinajstić information content (AvgIpc) is 2.68. The molecule has 0 saturated heterocycles. The fraction of sp³-hybridized carbons (Fsp3) is 0.231. The van der Waals surface area contributed by atoms with Gasteiger partial charge in [0.2, 0.25) is 0 Å². The van der Waals surface area contributed by atoms with Crippen molar-refractivity contribution in [2.45, 2.75) is 19.2 Å². The van der Waals surface area contributed by atoms with E-state index >= 15 is 0 Å². The fourth-order valence-corrected chi connectivity index (χ4v) is 3.17. The first-order valence-corrected chi connectivity index (χ1v) is 6.68. The van der Waals surface area contributed by atoms with Crippen LogP contribution in [0.25, 0.3) is 0 Å². The number of rotatable bonds is 2. The van der Waals surface area contributed by atoms with Gasteiger partial charge in [-0.25, -0.2) is 0 Å². The van der Waals surface area contributed by atoms with Crippen LogP contribution in [0.3, 0.4) is 0 Å². The first-order valence-electron chi connectivity index (χ1n) is 5.05. The number of aryl methyl sites for hydroxylation is 1. The lowest BCUT2D eigenvalue weighted by Crippen LogP contribution is -1.95. The molecule has 0 nitrogen and oxygen atoms in total. The molecular formula is C13H12Cl2S. The van der Waals surface area contributed by atoms with Gasteiger partial charge in [-0.05, 0) is 42.7 Å². The third-order valence-electron chi connectivity index (χ3n) is 2.76. The van der Waals surface area contributed by atoms with Gasteiger partial charge in [0.25, 0.3) is 0 Å². The molecule has 3 heteroatoms. The SMILES string of the molecule is Cc1cccc(C(Cl)c2ccc(Cl)s2)c1C. The summed E-state index contributed by atoms with van der Waals surface area (Å²) in [5, 5.41) is -0.0996. The normalized spacial score (nSPS) is 12.8. The Kier molecular flexibility index (Phi) is 3.58. The Morgan fingerprint density at radius 3 is 2.50 bits per heavy atom. The number of hydrogen-bond donors (Lipinski definition) is 0. The highest BCUT2D eigenvalue weighted by atomic mass is 35.5. The van der Waals surface area contributed by atoms with Crippen molar-refractivity contribution in [3.63, 3.8) is 0 Å². The minimum atomic E-state index is -0.0996. The zero-order valence-corrected chi connectivity index (χ0v) is 11.5. The quantitative estimate of drug-likeness (QED) is 0.646. The van der Waals surface area contributed by atoms with Crippen LogP contribution in [-0.2, 0) is 0 Å². The maximum atomic E-state index is 6.47. The first-order chi connectivity index (χ1) is 7.59. The molecule has 1 atom stereocenters. The van der Waals surface area contributed by atoms with Crippen LogP contribution in [0.15, 0.2) is 30.3 Å². The van der Waals surface area contributed by atoms with Crippen LogP contribution < -0.4 is 0 Å². The van der Waals surface area contributed by atoms with Crippen molar-refractivity contribution in [3.05, 3.63) is 56.2 Å². The molecule has 0 aliphatic rings. The van der Waals surface area contributed by atoms with Gasteiger partial charge in [-0.15, -0.1) is 22.9 Å². The van der Waals surface area contributed by atoms with E-state index in [0.717, 1.165) is 9.21 Å². The maximum Gasteiger partial charge on any atom is 0.0931 e. The van der Waals surface area contributed by atoms with E-state index in [2.05, 4.69) is 26.0 Å². The lowest BCUT2D eigenvalue weighted by Gasteiger charge is -2.12. The highest BCUT2D eigenvalue weighted by Gasteiger charge is 2.15. The molecule has 0 amide bonds. The van der Waals surface area contributed by atoms with Gasteiger partial charge < -0.3 is 0 Å². The van der Waals surface area contributed by atoms with E-state index in [1.54, 1.807) is 0 Å². The van der Waals surface area contributed by atoms with Crippen molar-refractivity contribution in [2.24, 2.45) is 0 Å². The van der Waals surface area contributed by atoms with E-state index < -0.39 is 0 Å². The molecule has 0 radical (unpaired) electrons. The van der Waals surface area contributed by atoms with E-state index in [9.17, 15) is 0 Å². The Balaban J connectivity index is 2.41. The maximum absolute atomic E-state index is 6.47. The van der Waals surface area contributed by atoms with Crippen LogP contribution in [0.5, 0.6) is 0 Å². The zero-order chi connectivity index (χ0) is 11.7. The second-order valence-corrected chi connectivity index (χ2v) is 5.98. The molecule has 84 valence electrons. The summed E-state index contributed by atoms with van der Waals surface area (Å²) in [5.74, 6) is 0. The summed E-state index contributed by atoms with van der Waals surface area (Å²) >= 11 is 13.9. The van der Waals surface area contributed by atoms with Gasteiger partial charge in [-0.3, -0.25) is 0 Å². The molecule has 0 saturated carbocycles. The van der Waals surface area contributed by atoms with Crippen molar-refractivity contribution < 1.29 is 0 Å². The largest absolute Gasteiger partial charge is 0.127 e. The number of hydrogen-bond acceptors (Lipinski definition) is 1. The summed E-state index contributed by atoms with van der Waals surface area (Å²) in [6.45, 7) is 4.21. The fourth-order valence-electron chi connectivity index (χ4n) is 1.67. The van der Waals surface area contributed by atoms with Gasteiger partial charge in [-0.1, -0.05) is 29.8 Å². The summed E-state index contributed by atoms with van der Waals surface area (Å²) in [7, 11) is 0. The number of thiophene rings is 1. The van der Waals surface area contributed by atoms with E-state index in [1.165, 1.54) is 28.0 Å². The molecule has 1 aromatic heterocycles. The van der Waals surface area contributed by atoms with Crippen LogP contribution in [0.2, 0.25) is 4.34 Å². The van der Waals surface area contributed by atoms with Crippen molar-refractivity contribution in [1.82, 2.24) is 0 Å². The molecule has 0 spiro atoms. The van der Waals surface area contributed by atoms with Crippen molar-refractivity contribution in [3.8, 4) is 0 Å². The molecule has 0 aliphatic heterocycles. The molecule has 16 heavy (non-hydrogen) atoms. The summed E-state index contributed by atoms with van der Waals surface area (Å²) < 4.78 is 0.783. The number of benzene rings is 1. The van der Waals surface area contributed by atoms with E-state index in [0.29, 0.717) is 0 Å². The van der Waals surface area contributed by atoms with Crippen LogP contribution >= 0.6 is 34.5 Å². The Labute approximate surface area is 110 Å². The molecular weight excluding hydrogens is 259 g/mol. The van der Waals surface area contributed by atoms with E-state index in [-0.39, 0.29) is 5.38 Å². The predicted molar refractivity (Wildman–Crippen MR) is 72.9 cm³/mol. The lowest BCUT2D eigenvalue weighted by atomic mass is 10.0. The third kappa shape index (κ3) is 2.27. The van der Waals surface area contributed by atoms with Crippen molar-refractivity contribution in [2.75, 3.05) is 0 Å². The molecule has 2 aromatic rings. The van der Waals surface area contributed by atoms with Crippen LogP contribution in [-0.4, -0.2) is 0 Å². The topological polar surface area (TPSA) is 0 Å². The van der Waals surface area contributed by atoms with Gasteiger partial charge in [0.05, 0.1) is 9.71 Å². The van der Waals surface area contributed by atoms with Gasteiger partial charge in [-0.2, -0.15) is 0 Å². The van der Waals surface area contributed by atoms with Gasteiger partial charge in [0.15, 0.2) is 0 Å². The molecule has 0 N–H and O–H groups in total. The molecule has 1 unspecified atom stereocenters. The molecule has 2 rings (SSSR count). The predicted octanol–water partition coefficient (Wildman–Crippen LogP) is 5.35. The molecule has 1 aromatic carbocycles. The Hall–Kier alpha value is -0.500. The van der Waals surface area contributed by atoms with Gasteiger partial charge >= 0.3 is 0 Å². The highest BCUT2D eigenvalue weighted by molar-refractivity contribution is 7.16. The highest BCUT2D eigenvalue weighted by Crippen LogP contribution is 2.37. The standard InChI is InChI=1S/C13H12Cl2S/c1-8-4-3-5-10(9(8)2)13(15)11-6-7-12(14)16-11/h3-7,13H,1-2H3. The smallest absolute Gasteiger partial charge is 0.0931 e. The average molecular weight is 271 g/mol. The Morgan fingerprint density at radius 2 is 1.88 bits per heavy atom. The molecule has 0 aliphatic carbocycles. The van der Waals surface area contributed by atoms with E-state index in [4.69, 9.17) is 23.2 Å². The van der Waals surface area contributed by atoms with E-state index in [1.807, 2.05) is 18.2 Å². The van der Waals surface area contributed by atoms with Gasteiger partial charge in [0.1, 0.15) is 0 Å². The van der Waals surface area contributed by atoms with Gasteiger partial charge in [0, 0.05) is 4.88 Å². The van der Waals surface area contributed by atoms with Crippen LogP contribution in [0.4, 0.5) is 0 Å². The molecule has 0 fully saturated rings.